The standard InChI is InChI=1S/C15H26N2O4/c1-11-3-2-4-13(11)16-15(20)17-8-5-12(6-9-17)21-10-7-14(18)19/h11-13H,2-10H2,1H3,(H,16,20)(H,18,19). The zero-order chi connectivity index (χ0) is 15.2. The van der Waals surface area contributed by atoms with Crippen LogP contribution in [0.2, 0.25) is 0 Å². The molecule has 0 bridgehead atoms. The van der Waals surface area contributed by atoms with Gasteiger partial charge in [0.25, 0.3) is 0 Å². The lowest BCUT2D eigenvalue weighted by Gasteiger charge is -2.33. The molecule has 2 aliphatic rings. The highest BCUT2D eigenvalue weighted by Gasteiger charge is 2.28. The van der Waals surface area contributed by atoms with E-state index < -0.39 is 5.97 Å². The summed E-state index contributed by atoms with van der Waals surface area (Å²) in [4.78, 5) is 24.5. The predicted molar refractivity (Wildman–Crippen MR) is 78.1 cm³/mol. The lowest BCUT2D eigenvalue weighted by Crippen LogP contribution is -2.49. The molecule has 1 saturated heterocycles. The number of urea groups is 1. The molecule has 2 unspecified atom stereocenters. The maximum atomic E-state index is 12.2. The Labute approximate surface area is 125 Å². The van der Waals surface area contributed by atoms with Crippen molar-refractivity contribution in [1.82, 2.24) is 10.2 Å². The first-order valence-electron chi connectivity index (χ1n) is 7.95. The number of nitrogens with zero attached hydrogens (tertiary/aromatic N) is 1. The Bertz CT molecular complexity index is 367. The van der Waals surface area contributed by atoms with Crippen molar-refractivity contribution in [3.05, 3.63) is 0 Å². The number of aliphatic carboxylic acids is 1. The number of carbonyl (C=O) groups is 2. The third-order valence-electron chi connectivity index (χ3n) is 4.57. The number of piperidine rings is 1. The maximum absolute atomic E-state index is 12.2. The summed E-state index contributed by atoms with van der Waals surface area (Å²) in [7, 11) is 0. The number of carboxylic acids is 1. The van der Waals surface area contributed by atoms with E-state index in [1.165, 1.54) is 12.8 Å². The quantitative estimate of drug-likeness (QED) is 0.811. The summed E-state index contributed by atoms with van der Waals surface area (Å²) in [6.45, 7) is 3.82. The summed E-state index contributed by atoms with van der Waals surface area (Å²) in [5.74, 6) is -0.261. The molecule has 0 aromatic rings. The summed E-state index contributed by atoms with van der Waals surface area (Å²) >= 11 is 0. The first-order valence-corrected chi connectivity index (χ1v) is 7.95. The highest BCUT2D eigenvalue weighted by Crippen LogP contribution is 2.25. The number of hydrogen-bond acceptors (Lipinski definition) is 3. The minimum atomic E-state index is -0.836. The first-order chi connectivity index (χ1) is 10.1. The normalized spacial score (nSPS) is 26.8. The summed E-state index contributed by atoms with van der Waals surface area (Å²) < 4.78 is 5.53. The molecule has 1 heterocycles. The fourth-order valence-corrected chi connectivity index (χ4v) is 3.15. The van der Waals surface area contributed by atoms with Gasteiger partial charge in [0.05, 0.1) is 19.1 Å². The molecule has 2 amide bonds. The number of carbonyl (C=O) groups excluding carboxylic acids is 1. The summed E-state index contributed by atoms with van der Waals surface area (Å²) in [5, 5.41) is 11.7. The summed E-state index contributed by atoms with van der Waals surface area (Å²) in [5.41, 5.74) is 0. The molecular weight excluding hydrogens is 272 g/mol. The molecule has 1 saturated carbocycles. The lowest BCUT2D eigenvalue weighted by molar-refractivity contribution is -0.138. The Morgan fingerprint density at radius 2 is 1.95 bits per heavy atom. The molecule has 0 radical (unpaired) electrons. The molecule has 1 aliphatic carbocycles. The van der Waals surface area contributed by atoms with E-state index >= 15 is 0 Å². The minimum Gasteiger partial charge on any atom is -0.481 e. The zero-order valence-electron chi connectivity index (χ0n) is 12.7. The molecular formula is C15H26N2O4. The SMILES string of the molecule is CC1CCCC1NC(=O)N1CCC(OCCC(=O)O)CC1. The molecule has 6 nitrogen and oxygen atoms in total. The molecule has 2 fully saturated rings. The van der Waals surface area contributed by atoms with Crippen LogP contribution in [0.5, 0.6) is 0 Å². The van der Waals surface area contributed by atoms with Crippen LogP contribution in [0.4, 0.5) is 4.79 Å². The predicted octanol–water partition coefficient (Wildman–Crippen LogP) is 1.84. The first kappa shape index (κ1) is 16.1. The molecule has 21 heavy (non-hydrogen) atoms. The van der Waals surface area contributed by atoms with Gasteiger partial charge in [-0.2, -0.15) is 0 Å². The highest BCUT2D eigenvalue weighted by molar-refractivity contribution is 5.74. The van der Waals surface area contributed by atoms with Gasteiger partial charge in [-0.25, -0.2) is 4.79 Å². The van der Waals surface area contributed by atoms with Crippen LogP contribution in [0.15, 0.2) is 0 Å². The van der Waals surface area contributed by atoms with Crippen LogP contribution >= 0.6 is 0 Å². The van der Waals surface area contributed by atoms with Crippen molar-refractivity contribution >= 4 is 12.0 Å². The fourth-order valence-electron chi connectivity index (χ4n) is 3.15. The number of nitrogens with one attached hydrogen (secondary N) is 1. The second-order valence-electron chi connectivity index (χ2n) is 6.17. The monoisotopic (exact) mass is 298 g/mol. The van der Waals surface area contributed by atoms with Crippen LogP contribution in [0.25, 0.3) is 0 Å². The minimum absolute atomic E-state index is 0.0396. The van der Waals surface area contributed by atoms with Crippen LogP contribution in [-0.2, 0) is 9.53 Å². The van der Waals surface area contributed by atoms with Crippen LogP contribution in [0.1, 0.15) is 45.4 Å². The average molecular weight is 298 g/mol. The summed E-state index contributed by atoms with van der Waals surface area (Å²) in [6, 6.07) is 0.361. The largest absolute Gasteiger partial charge is 0.481 e. The van der Waals surface area contributed by atoms with E-state index in [0.29, 0.717) is 25.0 Å². The van der Waals surface area contributed by atoms with Gasteiger partial charge < -0.3 is 20.1 Å². The van der Waals surface area contributed by atoms with Gasteiger partial charge in [0.1, 0.15) is 0 Å². The lowest BCUT2D eigenvalue weighted by atomic mass is 10.1. The average Bonchev–Trinajstić information content (AvgIpc) is 2.84. The molecule has 2 rings (SSSR count). The fraction of sp³-hybridized carbons (Fsp3) is 0.867. The highest BCUT2D eigenvalue weighted by atomic mass is 16.5. The van der Waals surface area contributed by atoms with Crippen molar-refractivity contribution in [3.63, 3.8) is 0 Å². The second-order valence-corrected chi connectivity index (χ2v) is 6.17. The van der Waals surface area contributed by atoms with Gasteiger partial charge >= 0.3 is 12.0 Å². The molecule has 2 atom stereocenters. The smallest absolute Gasteiger partial charge is 0.317 e. The van der Waals surface area contributed by atoms with Crippen LogP contribution in [-0.4, -0.2) is 53.8 Å². The Morgan fingerprint density at radius 3 is 2.52 bits per heavy atom. The van der Waals surface area contributed by atoms with Gasteiger partial charge in [0.15, 0.2) is 0 Å². The second kappa shape index (κ2) is 7.64. The van der Waals surface area contributed by atoms with E-state index in [4.69, 9.17) is 9.84 Å². The van der Waals surface area contributed by atoms with Gasteiger partial charge in [-0.3, -0.25) is 4.79 Å². The number of hydrogen-bond donors (Lipinski definition) is 2. The zero-order valence-corrected chi connectivity index (χ0v) is 12.7. The Kier molecular flexibility index (Phi) is 5.85. The van der Waals surface area contributed by atoms with Crippen molar-refractivity contribution in [2.45, 2.75) is 57.6 Å². The van der Waals surface area contributed by atoms with E-state index in [1.807, 2.05) is 4.90 Å². The molecule has 0 aromatic heterocycles. The number of rotatable bonds is 5. The molecule has 6 heteroatoms. The number of ether oxygens (including phenoxy) is 1. The van der Waals surface area contributed by atoms with Crippen molar-refractivity contribution in [2.24, 2.45) is 5.92 Å². The van der Waals surface area contributed by atoms with Crippen molar-refractivity contribution in [2.75, 3.05) is 19.7 Å². The molecule has 120 valence electrons. The van der Waals surface area contributed by atoms with Gasteiger partial charge in [-0.15, -0.1) is 0 Å². The van der Waals surface area contributed by atoms with Crippen LogP contribution in [0, 0.1) is 5.92 Å². The van der Waals surface area contributed by atoms with Gasteiger partial charge in [-0.05, 0) is 31.6 Å². The Hall–Kier alpha value is -1.30. The molecule has 1 aliphatic heterocycles. The summed E-state index contributed by atoms with van der Waals surface area (Å²) in [6.07, 6.45) is 5.18. The van der Waals surface area contributed by atoms with Crippen molar-refractivity contribution in [1.29, 1.82) is 0 Å². The van der Waals surface area contributed by atoms with Gasteiger partial charge in [0.2, 0.25) is 0 Å². The van der Waals surface area contributed by atoms with Crippen LogP contribution < -0.4 is 5.32 Å². The van der Waals surface area contributed by atoms with E-state index in [1.54, 1.807) is 0 Å². The number of carboxylic acid groups (broad SMARTS) is 1. The van der Waals surface area contributed by atoms with Crippen molar-refractivity contribution < 1.29 is 19.4 Å². The van der Waals surface area contributed by atoms with Gasteiger partial charge in [-0.1, -0.05) is 13.3 Å². The number of amides is 2. The van der Waals surface area contributed by atoms with E-state index in [9.17, 15) is 9.59 Å². The maximum Gasteiger partial charge on any atom is 0.317 e. The number of likely N-dealkylation sites (tertiary alicyclic amines) is 1. The van der Waals surface area contributed by atoms with Crippen molar-refractivity contribution in [3.8, 4) is 0 Å². The Morgan fingerprint density at radius 1 is 1.24 bits per heavy atom. The van der Waals surface area contributed by atoms with E-state index in [-0.39, 0.29) is 25.2 Å². The van der Waals surface area contributed by atoms with E-state index in [0.717, 1.165) is 19.3 Å². The molecule has 0 aromatic carbocycles. The molecule has 2 N–H and O–H groups in total. The van der Waals surface area contributed by atoms with Gasteiger partial charge in [0, 0.05) is 19.1 Å². The van der Waals surface area contributed by atoms with Crippen LogP contribution in [0.3, 0.4) is 0 Å². The Balaban J connectivity index is 1.66. The third kappa shape index (κ3) is 4.88. The third-order valence-corrected chi connectivity index (χ3v) is 4.57. The topological polar surface area (TPSA) is 78.9 Å². The molecule has 0 spiro atoms. The van der Waals surface area contributed by atoms with E-state index in [2.05, 4.69) is 12.2 Å².